The predicted octanol–water partition coefficient (Wildman–Crippen LogP) is 2.13. The molecule has 1 amide bonds. The van der Waals surface area contributed by atoms with E-state index in [0.29, 0.717) is 4.47 Å². The molecule has 20 heavy (non-hydrogen) atoms. The standard InChI is InChI=1S/C11H16BrN3O4S/c1-6(2)19-11(16)15-20(17,18)14-10-8(12)4-7(3)5-9(10)13/h4-6,14H,13H2,1-3H3,(H,15,16). The van der Waals surface area contributed by atoms with Crippen LogP contribution in [0, 0.1) is 6.92 Å². The smallest absolute Gasteiger partial charge is 0.422 e. The number of rotatable bonds is 4. The highest BCUT2D eigenvalue weighted by molar-refractivity contribution is 9.10. The van der Waals surface area contributed by atoms with E-state index in [9.17, 15) is 13.2 Å². The van der Waals surface area contributed by atoms with Crippen LogP contribution in [0.4, 0.5) is 16.2 Å². The monoisotopic (exact) mass is 365 g/mol. The van der Waals surface area contributed by atoms with Gasteiger partial charge in [-0.05, 0) is 54.4 Å². The molecule has 0 spiro atoms. The minimum absolute atomic E-state index is 0.153. The Labute approximate surface area is 126 Å². The maximum absolute atomic E-state index is 11.8. The van der Waals surface area contributed by atoms with Crippen molar-refractivity contribution < 1.29 is 17.9 Å². The summed E-state index contributed by atoms with van der Waals surface area (Å²) in [5, 5.41) is 0. The number of benzene rings is 1. The van der Waals surface area contributed by atoms with Crippen molar-refractivity contribution in [1.29, 1.82) is 0 Å². The number of hydrogen-bond acceptors (Lipinski definition) is 5. The average Bonchev–Trinajstić information content (AvgIpc) is 2.21. The average molecular weight is 366 g/mol. The number of halogens is 1. The lowest BCUT2D eigenvalue weighted by Gasteiger charge is -2.14. The third kappa shape index (κ3) is 4.89. The Hall–Kier alpha value is -1.48. The van der Waals surface area contributed by atoms with Gasteiger partial charge in [-0.3, -0.25) is 4.72 Å². The molecule has 1 rings (SSSR count). The molecule has 0 radical (unpaired) electrons. The predicted molar refractivity (Wildman–Crippen MR) is 80.6 cm³/mol. The first kappa shape index (κ1) is 16.6. The normalized spacial score (nSPS) is 11.2. The van der Waals surface area contributed by atoms with Gasteiger partial charge in [-0.25, -0.2) is 9.52 Å². The molecule has 0 unspecified atom stereocenters. The van der Waals surface area contributed by atoms with E-state index in [1.54, 1.807) is 30.7 Å². The Morgan fingerprint density at radius 3 is 2.50 bits per heavy atom. The van der Waals surface area contributed by atoms with Crippen LogP contribution in [0.3, 0.4) is 0 Å². The first-order chi connectivity index (χ1) is 9.10. The Morgan fingerprint density at radius 1 is 1.40 bits per heavy atom. The molecule has 4 N–H and O–H groups in total. The maximum atomic E-state index is 11.8. The summed E-state index contributed by atoms with van der Waals surface area (Å²) >= 11 is 3.21. The van der Waals surface area contributed by atoms with Crippen LogP contribution < -0.4 is 15.2 Å². The fourth-order valence-electron chi connectivity index (χ4n) is 1.38. The van der Waals surface area contributed by atoms with Crippen LogP contribution in [-0.2, 0) is 14.9 Å². The maximum Gasteiger partial charge on any atom is 0.422 e. The molecule has 1 aromatic carbocycles. The lowest BCUT2D eigenvalue weighted by Crippen LogP contribution is -2.37. The highest BCUT2D eigenvalue weighted by Crippen LogP contribution is 2.30. The van der Waals surface area contributed by atoms with Crippen LogP contribution in [0.15, 0.2) is 16.6 Å². The second kappa shape index (κ2) is 6.31. The van der Waals surface area contributed by atoms with Crippen molar-refractivity contribution in [2.24, 2.45) is 0 Å². The van der Waals surface area contributed by atoms with Gasteiger partial charge < -0.3 is 10.5 Å². The SMILES string of the molecule is Cc1cc(N)c(NS(=O)(=O)NC(=O)OC(C)C)c(Br)c1. The van der Waals surface area contributed by atoms with Crippen LogP contribution in [0.1, 0.15) is 19.4 Å². The van der Waals surface area contributed by atoms with Gasteiger partial charge in [0.05, 0.1) is 17.5 Å². The van der Waals surface area contributed by atoms with Gasteiger partial charge in [-0.2, -0.15) is 8.42 Å². The number of nitrogens with one attached hydrogen (secondary N) is 2. The summed E-state index contributed by atoms with van der Waals surface area (Å²) in [4.78, 5) is 11.3. The molecule has 0 bridgehead atoms. The molecule has 112 valence electrons. The number of ether oxygens (including phenoxy) is 1. The molecule has 9 heteroatoms. The molecule has 0 saturated heterocycles. The molecule has 0 aromatic heterocycles. The van der Waals surface area contributed by atoms with Gasteiger partial charge in [0, 0.05) is 4.47 Å². The summed E-state index contributed by atoms with van der Waals surface area (Å²) in [5.41, 5.74) is 6.99. The van der Waals surface area contributed by atoms with E-state index in [1.165, 1.54) is 0 Å². The molecule has 0 aliphatic rings. The van der Waals surface area contributed by atoms with E-state index < -0.39 is 22.4 Å². The molecular weight excluding hydrogens is 350 g/mol. The summed E-state index contributed by atoms with van der Waals surface area (Å²) in [7, 11) is -4.12. The van der Waals surface area contributed by atoms with Crippen LogP contribution in [0.25, 0.3) is 0 Å². The number of amides is 1. The lowest BCUT2D eigenvalue weighted by atomic mass is 10.2. The van der Waals surface area contributed by atoms with Gasteiger partial charge in [0.25, 0.3) is 0 Å². The van der Waals surface area contributed by atoms with Gasteiger partial charge in [-0.15, -0.1) is 0 Å². The second-order valence-corrected chi connectivity index (χ2v) is 6.64. The van der Waals surface area contributed by atoms with Gasteiger partial charge in [-0.1, -0.05) is 0 Å². The first-order valence-electron chi connectivity index (χ1n) is 5.67. The number of nitrogen functional groups attached to an aromatic ring is 1. The molecule has 0 atom stereocenters. The Kier molecular flexibility index (Phi) is 5.23. The summed E-state index contributed by atoms with van der Waals surface area (Å²) < 4.78 is 32.6. The van der Waals surface area contributed by atoms with Crippen molar-refractivity contribution >= 4 is 43.6 Å². The topological polar surface area (TPSA) is 111 Å². The summed E-state index contributed by atoms with van der Waals surface area (Å²) in [6.07, 6.45) is -1.49. The summed E-state index contributed by atoms with van der Waals surface area (Å²) in [6, 6.07) is 3.30. The number of nitrogens with two attached hydrogens (primary N) is 1. The molecule has 1 aromatic rings. The number of aryl methyl sites for hydroxylation is 1. The zero-order chi connectivity index (χ0) is 15.5. The van der Waals surface area contributed by atoms with Crippen molar-refractivity contribution in [2.75, 3.05) is 10.5 Å². The van der Waals surface area contributed by atoms with Crippen LogP contribution in [0.5, 0.6) is 0 Å². The molecule has 0 heterocycles. The van der Waals surface area contributed by atoms with E-state index in [1.807, 2.05) is 6.92 Å². The zero-order valence-electron chi connectivity index (χ0n) is 11.2. The molecule has 0 aliphatic carbocycles. The van der Waals surface area contributed by atoms with Crippen molar-refractivity contribution in [3.05, 3.63) is 22.2 Å². The van der Waals surface area contributed by atoms with E-state index in [4.69, 9.17) is 10.5 Å². The van der Waals surface area contributed by atoms with E-state index in [0.717, 1.165) is 5.56 Å². The first-order valence-corrected chi connectivity index (χ1v) is 7.95. The quantitative estimate of drug-likeness (QED) is 0.707. The summed E-state index contributed by atoms with van der Waals surface area (Å²) in [6.45, 7) is 5.03. The number of hydrogen-bond donors (Lipinski definition) is 3. The second-order valence-electron chi connectivity index (χ2n) is 4.37. The fraction of sp³-hybridized carbons (Fsp3) is 0.364. The Balaban J connectivity index is 2.90. The highest BCUT2D eigenvalue weighted by atomic mass is 79.9. The number of carbonyl (C=O) groups is 1. The van der Waals surface area contributed by atoms with Crippen molar-refractivity contribution in [3.63, 3.8) is 0 Å². The van der Waals surface area contributed by atoms with Crippen molar-refractivity contribution in [3.8, 4) is 0 Å². The third-order valence-corrected chi connectivity index (χ3v) is 3.60. The van der Waals surface area contributed by atoms with Crippen LogP contribution in [-0.4, -0.2) is 20.6 Å². The van der Waals surface area contributed by atoms with Crippen LogP contribution >= 0.6 is 15.9 Å². The lowest BCUT2D eigenvalue weighted by molar-refractivity contribution is 0.121. The van der Waals surface area contributed by atoms with Gasteiger partial charge in [0.2, 0.25) is 0 Å². The number of carbonyl (C=O) groups excluding carboxylic acids is 1. The Bertz CT molecular complexity index is 593. The molecule has 0 fully saturated rings. The fourth-order valence-corrected chi connectivity index (χ4v) is 3.02. The van der Waals surface area contributed by atoms with E-state index in [-0.39, 0.29) is 11.4 Å². The van der Waals surface area contributed by atoms with Crippen molar-refractivity contribution in [1.82, 2.24) is 4.72 Å². The van der Waals surface area contributed by atoms with Gasteiger partial charge >= 0.3 is 16.3 Å². The van der Waals surface area contributed by atoms with E-state index >= 15 is 0 Å². The minimum Gasteiger partial charge on any atom is -0.446 e. The number of anilines is 2. The van der Waals surface area contributed by atoms with E-state index in [2.05, 4.69) is 20.7 Å². The summed E-state index contributed by atoms with van der Waals surface area (Å²) in [5.74, 6) is 0. The zero-order valence-corrected chi connectivity index (χ0v) is 13.6. The van der Waals surface area contributed by atoms with Gasteiger partial charge in [0.1, 0.15) is 0 Å². The third-order valence-electron chi connectivity index (χ3n) is 2.06. The largest absolute Gasteiger partial charge is 0.446 e. The molecule has 7 nitrogen and oxygen atoms in total. The van der Waals surface area contributed by atoms with Gasteiger partial charge in [0.15, 0.2) is 0 Å². The highest BCUT2D eigenvalue weighted by Gasteiger charge is 2.19. The molecule has 0 saturated carbocycles. The van der Waals surface area contributed by atoms with Crippen LogP contribution in [0.2, 0.25) is 0 Å². The Morgan fingerprint density at radius 2 is 2.00 bits per heavy atom. The molecule has 0 aliphatic heterocycles. The van der Waals surface area contributed by atoms with Crippen molar-refractivity contribution in [2.45, 2.75) is 26.9 Å². The minimum atomic E-state index is -4.12. The molecular formula is C11H16BrN3O4S.